The van der Waals surface area contributed by atoms with Gasteiger partial charge in [0.05, 0.1) is 12.6 Å². The molecule has 0 aliphatic carbocycles. The summed E-state index contributed by atoms with van der Waals surface area (Å²) < 4.78 is 4.60. The molecule has 3 N–H and O–H groups in total. The molecule has 42 heavy (non-hydrogen) atoms. The van der Waals surface area contributed by atoms with Crippen molar-refractivity contribution in [2.24, 2.45) is 5.92 Å². The third-order valence-electron chi connectivity index (χ3n) is 8.48. The Morgan fingerprint density at radius 1 is 0.976 bits per heavy atom. The molecular formula is C31H48N5O6+. The topological polar surface area (TPSA) is 134 Å². The lowest BCUT2D eigenvalue weighted by Gasteiger charge is -2.38. The number of ether oxygens (including phenoxy) is 1. The van der Waals surface area contributed by atoms with Crippen molar-refractivity contribution in [1.29, 1.82) is 0 Å². The summed E-state index contributed by atoms with van der Waals surface area (Å²) in [6.07, 6.45) is 2.45. The number of likely N-dealkylation sites (tertiary alicyclic amines) is 2. The molecule has 4 atom stereocenters. The summed E-state index contributed by atoms with van der Waals surface area (Å²) in [5.74, 6) is -2.61. The highest BCUT2D eigenvalue weighted by molar-refractivity contribution is 6.36. The number of hydrogen-bond acceptors (Lipinski definition) is 7. The first-order valence-electron chi connectivity index (χ1n) is 15.1. The van der Waals surface area contributed by atoms with E-state index in [0.29, 0.717) is 32.0 Å². The maximum Gasteiger partial charge on any atom is 0.424 e. The number of esters is 1. The summed E-state index contributed by atoms with van der Waals surface area (Å²) in [5.41, 5.74) is 0.746. The first-order chi connectivity index (χ1) is 19.9. The molecule has 0 radical (unpaired) electrons. The summed E-state index contributed by atoms with van der Waals surface area (Å²) in [6, 6.07) is 5.92. The monoisotopic (exact) mass is 586 g/mol. The molecule has 1 aromatic rings. The summed E-state index contributed by atoms with van der Waals surface area (Å²) in [7, 11) is 1.91. The molecule has 2 aliphatic rings. The van der Waals surface area contributed by atoms with E-state index in [1.54, 1.807) is 30.9 Å². The van der Waals surface area contributed by atoms with Crippen molar-refractivity contribution in [3.05, 3.63) is 35.9 Å². The van der Waals surface area contributed by atoms with E-state index in [2.05, 4.69) is 16.0 Å². The van der Waals surface area contributed by atoms with Crippen LogP contribution in [0.15, 0.2) is 30.3 Å². The van der Waals surface area contributed by atoms with Gasteiger partial charge in [-0.3, -0.25) is 10.1 Å². The molecular weight excluding hydrogens is 538 g/mol. The summed E-state index contributed by atoms with van der Waals surface area (Å²) in [5, 5.41) is 8.94. The van der Waals surface area contributed by atoms with Crippen molar-refractivity contribution >= 4 is 29.7 Å². The second kappa shape index (κ2) is 14.7. The molecule has 11 nitrogen and oxygen atoms in total. The van der Waals surface area contributed by atoms with Crippen molar-refractivity contribution < 1.29 is 33.2 Å². The van der Waals surface area contributed by atoms with Crippen LogP contribution in [0, 0.1) is 5.92 Å². The van der Waals surface area contributed by atoms with Gasteiger partial charge < -0.3 is 20.3 Å². The van der Waals surface area contributed by atoms with Crippen molar-refractivity contribution in [3.63, 3.8) is 0 Å². The van der Waals surface area contributed by atoms with Gasteiger partial charge in [-0.25, -0.2) is 19.2 Å². The Morgan fingerprint density at radius 2 is 1.62 bits per heavy atom. The number of ketones is 1. The second-order valence-electron chi connectivity index (χ2n) is 12.2. The minimum Gasteiger partial charge on any atom is -0.457 e. The van der Waals surface area contributed by atoms with Gasteiger partial charge in [-0.1, -0.05) is 44.2 Å². The lowest BCUT2D eigenvalue weighted by atomic mass is 10.00. The predicted octanol–water partition coefficient (Wildman–Crippen LogP) is 2.77. The number of piperidine rings is 1. The highest BCUT2D eigenvalue weighted by atomic mass is 16.5. The molecule has 0 aromatic heterocycles. The van der Waals surface area contributed by atoms with Gasteiger partial charge in [0.1, 0.15) is 18.1 Å². The molecule has 2 aliphatic heterocycles. The normalized spacial score (nSPS) is 22.5. The van der Waals surface area contributed by atoms with E-state index in [1.165, 1.54) is 0 Å². The third-order valence-corrected chi connectivity index (χ3v) is 8.48. The quantitative estimate of drug-likeness (QED) is 0.218. The first-order valence-corrected chi connectivity index (χ1v) is 15.1. The number of amides is 5. The fourth-order valence-corrected chi connectivity index (χ4v) is 5.90. The third kappa shape index (κ3) is 7.74. The summed E-state index contributed by atoms with van der Waals surface area (Å²) in [4.78, 5) is 69.4. The smallest absolute Gasteiger partial charge is 0.424 e. The predicted molar refractivity (Wildman–Crippen MR) is 158 cm³/mol. The van der Waals surface area contributed by atoms with E-state index in [1.807, 2.05) is 46.0 Å². The average Bonchev–Trinajstić information content (AvgIpc) is 3.36. The van der Waals surface area contributed by atoms with Crippen LogP contribution >= 0.6 is 0 Å². The van der Waals surface area contributed by atoms with Crippen LogP contribution in [0.2, 0.25) is 0 Å². The Bertz CT molecular complexity index is 1120. The van der Waals surface area contributed by atoms with Crippen LogP contribution in [-0.2, 0) is 25.5 Å². The number of benzene rings is 1. The Hall–Kier alpha value is -3.31. The highest BCUT2D eigenvalue weighted by Gasteiger charge is 2.56. The van der Waals surface area contributed by atoms with E-state index in [9.17, 15) is 24.0 Å². The molecule has 1 unspecified atom stereocenters. The van der Waals surface area contributed by atoms with Gasteiger partial charge in [-0.05, 0) is 52.1 Å². The minimum absolute atomic E-state index is 0.0636. The zero-order valence-corrected chi connectivity index (χ0v) is 25.9. The first kappa shape index (κ1) is 33.2. The number of imide groups is 1. The second-order valence-corrected chi connectivity index (χ2v) is 12.2. The van der Waals surface area contributed by atoms with Gasteiger partial charge in [0.2, 0.25) is 0 Å². The molecule has 232 valence electrons. The van der Waals surface area contributed by atoms with Gasteiger partial charge in [-0.15, -0.1) is 0 Å². The number of urea groups is 2. The Morgan fingerprint density at radius 3 is 2.14 bits per heavy atom. The van der Waals surface area contributed by atoms with E-state index in [4.69, 9.17) is 4.74 Å². The minimum atomic E-state index is -1.22. The van der Waals surface area contributed by atoms with Crippen molar-refractivity contribution in [3.8, 4) is 0 Å². The maximum atomic E-state index is 14.4. The fraction of sp³-hybridized carbons (Fsp3) is 0.645. The molecule has 3 rings (SSSR count). The number of carbonyl (C=O) groups excluding carboxylic acids is 5. The zero-order valence-electron chi connectivity index (χ0n) is 25.9. The van der Waals surface area contributed by atoms with Crippen molar-refractivity contribution in [2.45, 2.75) is 97.0 Å². The van der Waals surface area contributed by atoms with Gasteiger partial charge in [-0.2, -0.15) is 4.48 Å². The Labute approximate surface area is 249 Å². The number of rotatable bonds is 10. The molecule has 2 fully saturated rings. The molecule has 11 heteroatoms. The fourth-order valence-electron chi connectivity index (χ4n) is 5.90. The SMILES string of the molecule is CNC1CCN(C(=O)N[C@H](C(=O)[N+]2(C(=O)N[C@@H](Cc3ccccc3)C(=O)C(=O)OC(C)C)CCC[C@H]2C)C(C)C)CC1. The summed E-state index contributed by atoms with van der Waals surface area (Å²) in [6.45, 7) is 10.2. The molecule has 1 aromatic carbocycles. The Balaban J connectivity index is 1.87. The van der Waals surface area contributed by atoms with E-state index < -0.39 is 46.4 Å². The molecule has 0 bridgehead atoms. The van der Waals surface area contributed by atoms with Crippen LogP contribution in [0.4, 0.5) is 9.59 Å². The molecule has 0 saturated carbocycles. The number of Topliss-reactive ketones (excluding diaryl/α,β-unsaturated/α-hetero) is 1. The van der Waals surface area contributed by atoms with Crippen LogP contribution < -0.4 is 16.0 Å². The van der Waals surface area contributed by atoms with E-state index in [-0.39, 0.29) is 31.0 Å². The number of quaternary nitrogens is 1. The van der Waals surface area contributed by atoms with Gasteiger partial charge in [0.15, 0.2) is 0 Å². The summed E-state index contributed by atoms with van der Waals surface area (Å²) >= 11 is 0. The molecule has 2 heterocycles. The van der Waals surface area contributed by atoms with Crippen LogP contribution in [0.1, 0.15) is 65.9 Å². The van der Waals surface area contributed by atoms with Crippen molar-refractivity contribution in [2.75, 3.05) is 26.7 Å². The standard InChI is InChI=1S/C31H47N5O6/c1-20(2)26(34-30(40)35-16-14-24(32-6)15-17-35)28(38)36(18-10-11-22(36)5)31(41)33-25(19-23-12-8-7-9-13-23)27(37)29(39)42-21(3)4/h7-9,12-13,20-22,24-26,32H,10-11,14-19H2,1-6H3,(H-,33,34,40,41)/p+1/t22-,25+,26+,36?/m1/s1. The Kier molecular flexibility index (Phi) is 11.6. The van der Waals surface area contributed by atoms with Gasteiger partial charge >= 0.3 is 23.9 Å². The van der Waals surface area contributed by atoms with Gasteiger partial charge in [0, 0.05) is 38.4 Å². The molecule has 5 amide bonds. The van der Waals surface area contributed by atoms with Crippen molar-refractivity contribution in [1.82, 2.24) is 20.9 Å². The lowest BCUT2D eigenvalue weighted by molar-refractivity contribution is -0.786. The van der Waals surface area contributed by atoms with Crippen LogP contribution in [0.5, 0.6) is 0 Å². The van der Waals surface area contributed by atoms with Crippen LogP contribution in [-0.4, -0.2) is 96.1 Å². The number of hydrogen-bond donors (Lipinski definition) is 3. The van der Waals surface area contributed by atoms with E-state index >= 15 is 0 Å². The number of carbonyl (C=O) groups is 5. The molecule has 0 spiro atoms. The largest absolute Gasteiger partial charge is 0.457 e. The van der Waals surface area contributed by atoms with Crippen LogP contribution in [0.25, 0.3) is 0 Å². The highest BCUT2D eigenvalue weighted by Crippen LogP contribution is 2.30. The van der Waals surface area contributed by atoms with Crippen LogP contribution in [0.3, 0.4) is 0 Å². The van der Waals surface area contributed by atoms with E-state index in [0.717, 1.165) is 18.4 Å². The number of nitrogens with one attached hydrogen (secondary N) is 3. The zero-order chi connectivity index (χ0) is 31.0. The maximum absolute atomic E-state index is 14.4. The average molecular weight is 587 g/mol. The lowest BCUT2D eigenvalue weighted by Crippen LogP contribution is -2.70. The molecule has 2 saturated heterocycles. The van der Waals surface area contributed by atoms with Gasteiger partial charge in [0.25, 0.3) is 5.78 Å². The number of nitrogens with zero attached hydrogens (tertiary/aromatic N) is 2.